The molecule has 4 nitrogen and oxygen atoms in total. The van der Waals surface area contributed by atoms with Gasteiger partial charge in [0.1, 0.15) is 12.4 Å². The highest BCUT2D eigenvalue weighted by molar-refractivity contribution is 7.89. The first-order valence-electron chi connectivity index (χ1n) is 8.35. The second-order valence-corrected chi connectivity index (χ2v) is 7.96. The fraction of sp³-hybridized carbons (Fsp3) is 0.368. The van der Waals surface area contributed by atoms with Crippen molar-refractivity contribution in [3.05, 3.63) is 59.2 Å². The average molecular weight is 345 g/mol. The van der Waals surface area contributed by atoms with E-state index in [-0.39, 0.29) is 11.4 Å². The van der Waals surface area contributed by atoms with Crippen LogP contribution in [0.15, 0.2) is 47.4 Å². The largest absolute Gasteiger partial charge is 0.492 e. The lowest BCUT2D eigenvalue weighted by atomic mass is 9.92. The number of fused-ring (bicyclic) bond motifs is 1. The summed E-state index contributed by atoms with van der Waals surface area (Å²) >= 11 is 0. The third-order valence-electron chi connectivity index (χ3n) is 4.31. The van der Waals surface area contributed by atoms with Crippen molar-refractivity contribution >= 4 is 10.0 Å². The maximum Gasteiger partial charge on any atom is 0.240 e. The van der Waals surface area contributed by atoms with Crippen LogP contribution in [0.5, 0.6) is 5.75 Å². The van der Waals surface area contributed by atoms with Gasteiger partial charge in [-0.15, -0.1) is 0 Å². The third kappa shape index (κ3) is 4.16. The molecule has 0 spiro atoms. The smallest absolute Gasteiger partial charge is 0.240 e. The van der Waals surface area contributed by atoms with Gasteiger partial charge in [-0.05, 0) is 68.0 Å². The molecule has 2 aromatic carbocycles. The standard InChI is InChI=1S/C19H23NO3S/c1-15-6-10-19(11-7-15)24(21,22)20-12-13-23-18-9-8-16-4-2-3-5-17(16)14-18/h6-11,14,20H,2-5,12-13H2,1H3. The predicted molar refractivity (Wildman–Crippen MR) is 94.9 cm³/mol. The van der Waals surface area contributed by atoms with Crippen molar-refractivity contribution in [1.82, 2.24) is 4.72 Å². The number of ether oxygens (including phenoxy) is 1. The van der Waals surface area contributed by atoms with E-state index in [1.807, 2.05) is 13.0 Å². The first kappa shape index (κ1) is 17.0. The Morgan fingerprint density at radius 3 is 2.46 bits per heavy atom. The van der Waals surface area contributed by atoms with Gasteiger partial charge < -0.3 is 4.74 Å². The number of rotatable bonds is 6. The number of hydrogen-bond donors (Lipinski definition) is 1. The van der Waals surface area contributed by atoms with Crippen LogP contribution < -0.4 is 9.46 Å². The van der Waals surface area contributed by atoms with Gasteiger partial charge in [0.25, 0.3) is 0 Å². The van der Waals surface area contributed by atoms with Gasteiger partial charge in [-0.25, -0.2) is 13.1 Å². The molecule has 0 radical (unpaired) electrons. The van der Waals surface area contributed by atoms with Gasteiger partial charge in [-0.3, -0.25) is 0 Å². The van der Waals surface area contributed by atoms with Gasteiger partial charge in [0, 0.05) is 6.54 Å². The number of benzene rings is 2. The summed E-state index contributed by atoms with van der Waals surface area (Å²) in [6.07, 6.45) is 4.74. The molecule has 2 aromatic rings. The minimum absolute atomic E-state index is 0.243. The molecule has 0 atom stereocenters. The molecule has 0 aromatic heterocycles. The molecule has 0 amide bonds. The number of nitrogens with one attached hydrogen (secondary N) is 1. The molecule has 0 heterocycles. The summed E-state index contributed by atoms with van der Waals surface area (Å²) in [5.41, 5.74) is 3.80. The predicted octanol–water partition coefficient (Wildman–Crippen LogP) is 3.23. The van der Waals surface area contributed by atoms with Crippen molar-refractivity contribution in [2.45, 2.75) is 37.5 Å². The minimum Gasteiger partial charge on any atom is -0.492 e. The average Bonchev–Trinajstić information content (AvgIpc) is 2.59. The van der Waals surface area contributed by atoms with Crippen LogP contribution >= 0.6 is 0 Å². The Morgan fingerprint density at radius 2 is 1.71 bits per heavy atom. The molecule has 0 fully saturated rings. The Bertz CT molecular complexity index is 798. The molecule has 1 aliphatic rings. The van der Waals surface area contributed by atoms with E-state index >= 15 is 0 Å². The first-order valence-corrected chi connectivity index (χ1v) is 9.84. The van der Waals surface area contributed by atoms with Crippen LogP contribution in [0.4, 0.5) is 0 Å². The quantitative estimate of drug-likeness (QED) is 0.818. The van der Waals surface area contributed by atoms with E-state index in [0.717, 1.165) is 24.2 Å². The number of aryl methyl sites for hydroxylation is 3. The fourth-order valence-electron chi connectivity index (χ4n) is 2.95. The Hall–Kier alpha value is -1.85. The van der Waals surface area contributed by atoms with Gasteiger partial charge in [-0.2, -0.15) is 0 Å². The molecule has 0 saturated carbocycles. The Balaban J connectivity index is 1.52. The Morgan fingerprint density at radius 1 is 1.00 bits per heavy atom. The van der Waals surface area contributed by atoms with E-state index in [2.05, 4.69) is 16.9 Å². The number of sulfonamides is 1. The van der Waals surface area contributed by atoms with E-state index in [0.29, 0.717) is 6.61 Å². The van der Waals surface area contributed by atoms with Crippen LogP contribution in [-0.2, 0) is 22.9 Å². The van der Waals surface area contributed by atoms with Gasteiger partial charge in [0.15, 0.2) is 0 Å². The summed E-state index contributed by atoms with van der Waals surface area (Å²) in [7, 11) is -3.48. The van der Waals surface area contributed by atoms with Crippen LogP contribution in [0.2, 0.25) is 0 Å². The highest BCUT2D eigenvalue weighted by Gasteiger charge is 2.13. The first-order chi connectivity index (χ1) is 11.5. The normalized spacial score (nSPS) is 14.2. The molecule has 0 aliphatic heterocycles. The molecule has 3 rings (SSSR count). The highest BCUT2D eigenvalue weighted by atomic mass is 32.2. The van der Waals surface area contributed by atoms with Crippen LogP contribution in [0.25, 0.3) is 0 Å². The zero-order valence-corrected chi connectivity index (χ0v) is 14.7. The monoisotopic (exact) mass is 345 g/mol. The van der Waals surface area contributed by atoms with E-state index in [9.17, 15) is 8.42 Å². The molecule has 1 N–H and O–H groups in total. The summed E-state index contributed by atoms with van der Waals surface area (Å²) in [6, 6.07) is 13.0. The Kier molecular flexibility index (Phi) is 5.21. The SMILES string of the molecule is Cc1ccc(S(=O)(=O)NCCOc2ccc3c(c2)CCCC3)cc1. The lowest BCUT2D eigenvalue weighted by molar-refractivity contribution is 0.322. The van der Waals surface area contributed by atoms with Gasteiger partial charge in [0.2, 0.25) is 10.0 Å². The zero-order chi connectivity index (χ0) is 17.0. The van der Waals surface area contributed by atoms with Crippen LogP contribution in [0.1, 0.15) is 29.5 Å². The summed E-state index contributed by atoms with van der Waals surface area (Å²) < 4.78 is 32.6. The molecular weight excluding hydrogens is 322 g/mol. The summed E-state index contributed by atoms with van der Waals surface area (Å²) in [5, 5.41) is 0. The van der Waals surface area contributed by atoms with Crippen molar-refractivity contribution in [1.29, 1.82) is 0 Å². The third-order valence-corrected chi connectivity index (χ3v) is 5.79. The van der Waals surface area contributed by atoms with Crippen molar-refractivity contribution in [3.8, 4) is 5.75 Å². The molecular formula is C19H23NO3S. The second kappa shape index (κ2) is 7.36. The summed E-state index contributed by atoms with van der Waals surface area (Å²) in [6.45, 7) is 2.48. The maximum atomic E-state index is 12.2. The second-order valence-electron chi connectivity index (χ2n) is 6.20. The summed E-state index contributed by atoms with van der Waals surface area (Å²) in [4.78, 5) is 0.280. The van der Waals surface area contributed by atoms with Crippen molar-refractivity contribution in [3.63, 3.8) is 0 Å². The van der Waals surface area contributed by atoms with Crippen molar-refractivity contribution in [2.75, 3.05) is 13.2 Å². The van der Waals surface area contributed by atoms with E-state index in [1.54, 1.807) is 24.3 Å². The van der Waals surface area contributed by atoms with E-state index in [1.165, 1.54) is 24.0 Å². The van der Waals surface area contributed by atoms with Crippen LogP contribution in [0, 0.1) is 6.92 Å². The maximum absolute atomic E-state index is 12.2. The van der Waals surface area contributed by atoms with Gasteiger partial charge in [-0.1, -0.05) is 23.8 Å². The Labute approximate surface area is 143 Å². The zero-order valence-electron chi connectivity index (χ0n) is 13.9. The van der Waals surface area contributed by atoms with E-state index < -0.39 is 10.0 Å². The molecule has 24 heavy (non-hydrogen) atoms. The van der Waals surface area contributed by atoms with Crippen molar-refractivity contribution < 1.29 is 13.2 Å². The topological polar surface area (TPSA) is 55.4 Å². The summed E-state index contributed by atoms with van der Waals surface area (Å²) in [5.74, 6) is 0.810. The minimum atomic E-state index is -3.48. The molecule has 1 aliphatic carbocycles. The number of hydrogen-bond acceptors (Lipinski definition) is 3. The molecule has 0 bridgehead atoms. The van der Waals surface area contributed by atoms with Gasteiger partial charge in [0.05, 0.1) is 4.90 Å². The molecule has 0 saturated heterocycles. The highest BCUT2D eigenvalue weighted by Crippen LogP contribution is 2.25. The molecule has 5 heteroatoms. The van der Waals surface area contributed by atoms with Crippen LogP contribution in [-0.4, -0.2) is 21.6 Å². The van der Waals surface area contributed by atoms with E-state index in [4.69, 9.17) is 4.74 Å². The molecule has 0 unspecified atom stereocenters. The van der Waals surface area contributed by atoms with Crippen molar-refractivity contribution in [2.24, 2.45) is 0 Å². The lowest BCUT2D eigenvalue weighted by Crippen LogP contribution is -2.28. The fourth-order valence-corrected chi connectivity index (χ4v) is 3.96. The van der Waals surface area contributed by atoms with Gasteiger partial charge >= 0.3 is 0 Å². The lowest BCUT2D eigenvalue weighted by Gasteiger charge is -2.17. The van der Waals surface area contributed by atoms with Crippen LogP contribution in [0.3, 0.4) is 0 Å². The molecule has 128 valence electrons.